The highest BCUT2D eigenvalue weighted by molar-refractivity contribution is 7.47. The van der Waals surface area contributed by atoms with Gasteiger partial charge in [-0.1, -0.05) is 181 Å². The van der Waals surface area contributed by atoms with Gasteiger partial charge in [0.05, 0.1) is 13.2 Å². The Morgan fingerprint density at radius 1 is 0.386 bits per heavy atom. The van der Waals surface area contributed by atoms with Crippen molar-refractivity contribution < 1.29 is 18.5 Å². The predicted octanol–water partition coefficient (Wildman–Crippen LogP) is 13.2. The molecular weight excluding hydrogens is 565 g/mol. The third kappa shape index (κ3) is 34.9. The van der Waals surface area contributed by atoms with E-state index in [0.717, 1.165) is 32.2 Å². The van der Waals surface area contributed by atoms with Crippen molar-refractivity contribution in [2.75, 3.05) is 32.8 Å². The molecule has 1 unspecified atom stereocenters. The molecule has 0 saturated carbocycles. The van der Waals surface area contributed by atoms with Gasteiger partial charge in [0, 0.05) is 0 Å². The van der Waals surface area contributed by atoms with Crippen LogP contribution < -0.4 is 0 Å². The lowest BCUT2D eigenvalue weighted by molar-refractivity contribution is 0.143. The number of hydrogen-bond donors (Lipinski definition) is 1. The first-order valence-electron chi connectivity index (χ1n) is 19.9. The Balaban J connectivity index is 4.04. The normalized spacial score (nSPS) is 13.2. The van der Waals surface area contributed by atoms with Gasteiger partial charge in [0.25, 0.3) is 0 Å². The van der Waals surface area contributed by atoms with Crippen LogP contribution in [-0.2, 0) is 13.6 Å². The van der Waals surface area contributed by atoms with Crippen LogP contribution in [0.5, 0.6) is 0 Å². The maximum absolute atomic E-state index is 12.3. The molecule has 0 aliphatic carbocycles. The Bertz CT molecular complexity index is 569. The highest BCUT2D eigenvalue weighted by Crippen LogP contribution is 2.43. The summed E-state index contributed by atoms with van der Waals surface area (Å²) in [6, 6.07) is 0. The Labute approximate surface area is 277 Å². The van der Waals surface area contributed by atoms with E-state index in [4.69, 9.17) is 9.05 Å². The summed E-state index contributed by atoms with van der Waals surface area (Å²) in [6.45, 7) is 10.9. The van der Waals surface area contributed by atoms with Crippen molar-refractivity contribution in [3.8, 4) is 0 Å². The predicted molar refractivity (Wildman–Crippen MR) is 194 cm³/mol. The lowest BCUT2D eigenvalue weighted by Crippen LogP contribution is -2.27. The Hall–Kier alpha value is 0.0700. The highest BCUT2D eigenvalue weighted by atomic mass is 31.2. The van der Waals surface area contributed by atoms with Gasteiger partial charge in [-0.05, 0) is 51.7 Å². The van der Waals surface area contributed by atoms with Crippen molar-refractivity contribution in [3.05, 3.63) is 0 Å². The molecule has 266 valence electrons. The third-order valence-electron chi connectivity index (χ3n) is 9.03. The standard InChI is InChI=1S/C38H80NO4P/c1-4-7-10-13-16-19-22-25-28-32-37-42-44(40,41)43-38-33-31-36-39(34-29-26-23-20-17-14-11-8-5-2)35-30-27-24-21-18-15-12-9-6-3/h4-38H2,1-3H3,(H,40,41). The summed E-state index contributed by atoms with van der Waals surface area (Å²) in [7, 11) is -3.92. The molecule has 0 radical (unpaired) electrons. The minimum Gasteiger partial charge on any atom is -0.303 e. The molecule has 1 N–H and O–H groups in total. The van der Waals surface area contributed by atoms with Crippen LogP contribution in [0.25, 0.3) is 0 Å². The Morgan fingerprint density at radius 2 is 0.614 bits per heavy atom. The maximum atomic E-state index is 12.3. The highest BCUT2D eigenvalue weighted by Gasteiger charge is 2.20. The number of phosphoric acid groups is 1. The van der Waals surface area contributed by atoms with E-state index in [1.807, 2.05) is 0 Å². The summed E-state index contributed by atoms with van der Waals surface area (Å²) in [4.78, 5) is 12.7. The summed E-state index contributed by atoms with van der Waals surface area (Å²) >= 11 is 0. The summed E-state index contributed by atoms with van der Waals surface area (Å²) < 4.78 is 22.8. The van der Waals surface area contributed by atoms with Crippen molar-refractivity contribution in [1.82, 2.24) is 4.90 Å². The average molecular weight is 646 g/mol. The fraction of sp³-hybridized carbons (Fsp3) is 1.00. The van der Waals surface area contributed by atoms with E-state index in [9.17, 15) is 9.46 Å². The molecule has 0 aromatic heterocycles. The molecule has 0 aliphatic rings. The van der Waals surface area contributed by atoms with Gasteiger partial charge in [0.1, 0.15) is 0 Å². The smallest absolute Gasteiger partial charge is 0.303 e. The topological polar surface area (TPSA) is 59.0 Å². The molecule has 0 amide bonds. The van der Waals surface area contributed by atoms with Crippen LogP contribution in [-0.4, -0.2) is 42.6 Å². The van der Waals surface area contributed by atoms with Crippen LogP contribution in [0.4, 0.5) is 0 Å². The Kier molecular flexibility index (Phi) is 36.0. The fourth-order valence-corrected chi connectivity index (χ4v) is 6.85. The first-order valence-corrected chi connectivity index (χ1v) is 21.4. The van der Waals surface area contributed by atoms with Gasteiger partial charge in [-0.3, -0.25) is 9.05 Å². The summed E-state index contributed by atoms with van der Waals surface area (Å²) in [6.07, 6.45) is 38.8. The fourth-order valence-electron chi connectivity index (χ4n) is 6.05. The number of unbranched alkanes of at least 4 members (excludes halogenated alkanes) is 26. The van der Waals surface area contributed by atoms with Crippen LogP contribution in [0, 0.1) is 0 Å². The van der Waals surface area contributed by atoms with Crippen LogP contribution in [0.15, 0.2) is 0 Å². The molecule has 0 aromatic carbocycles. The zero-order chi connectivity index (χ0) is 32.2. The second-order valence-corrected chi connectivity index (χ2v) is 15.0. The van der Waals surface area contributed by atoms with Crippen LogP contribution in [0.1, 0.15) is 213 Å². The molecular formula is C38H80NO4P. The summed E-state index contributed by atoms with van der Waals surface area (Å²) in [5.74, 6) is 0. The van der Waals surface area contributed by atoms with Crippen LogP contribution in [0.2, 0.25) is 0 Å². The maximum Gasteiger partial charge on any atom is 0.472 e. The molecule has 0 fully saturated rings. The second-order valence-electron chi connectivity index (χ2n) is 13.5. The third-order valence-corrected chi connectivity index (χ3v) is 10.0. The van der Waals surface area contributed by atoms with Crippen molar-refractivity contribution in [2.45, 2.75) is 213 Å². The van der Waals surface area contributed by atoms with Crippen LogP contribution >= 0.6 is 7.82 Å². The molecule has 1 atom stereocenters. The van der Waals surface area contributed by atoms with Gasteiger partial charge in [-0.2, -0.15) is 0 Å². The van der Waals surface area contributed by atoms with E-state index in [1.54, 1.807) is 0 Å². The van der Waals surface area contributed by atoms with Gasteiger partial charge in [-0.25, -0.2) is 4.57 Å². The second kappa shape index (κ2) is 35.9. The number of nitrogens with zero attached hydrogens (tertiary/aromatic N) is 1. The molecule has 0 bridgehead atoms. The van der Waals surface area contributed by atoms with E-state index >= 15 is 0 Å². The van der Waals surface area contributed by atoms with Crippen molar-refractivity contribution in [1.29, 1.82) is 0 Å². The zero-order valence-electron chi connectivity index (χ0n) is 30.3. The van der Waals surface area contributed by atoms with E-state index in [-0.39, 0.29) is 0 Å². The molecule has 44 heavy (non-hydrogen) atoms. The minimum absolute atomic E-state index is 0.301. The monoisotopic (exact) mass is 646 g/mol. The largest absolute Gasteiger partial charge is 0.472 e. The molecule has 5 nitrogen and oxygen atoms in total. The molecule has 0 aromatic rings. The molecule has 0 heterocycles. The minimum atomic E-state index is -3.92. The van der Waals surface area contributed by atoms with Crippen molar-refractivity contribution >= 4 is 7.82 Å². The molecule has 6 heteroatoms. The average Bonchev–Trinajstić information content (AvgIpc) is 3.01. The van der Waals surface area contributed by atoms with Crippen LogP contribution in [0.3, 0.4) is 0 Å². The number of hydrogen-bond acceptors (Lipinski definition) is 4. The van der Waals surface area contributed by atoms with E-state index in [2.05, 4.69) is 25.7 Å². The van der Waals surface area contributed by atoms with Gasteiger partial charge >= 0.3 is 7.82 Å². The molecule has 0 aliphatic heterocycles. The number of phosphoric ester groups is 1. The quantitative estimate of drug-likeness (QED) is 0.0535. The summed E-state index contributed by atoms with van der Waals surface area (Å²) in [5, 5.41) is 0. The van der Waals surface area contributed by atoms with E-state index in [1.165, 1.54) is 180 Å². The lowest BCUT2D eigenvalue weighted by Gasteiger charge is -2.22. The van der Waals surface area contributed by atoms with Gasteiger partial charge in [-0.15, -0.1) is 0 Å². The zero-order valence-corrected chi connectivity index (χ0v) is 31.2. The first-order chi connectivity index (χ1) is 21.6. The Morgan fingerprint density at radius 3 is 0.932 bits per heavy atom. The first kappa shape index (κ1) is 44.1. The molecule has 0 rings (SSSR count). The van der Waals surface area contributed by atoms with Gasteiger partial charge in [0.15, 0.2) is 0 Å². The van der Waals surface area contributed by atoms with Gasteiger partial charge in [0.2, 0.25) is 0 Å². The number of rotatable bonds is 38. The molecule has 0 saturated heterocycles. The van der Waals surface area contributed by atoms with E-state index in [0.29, 0.717) is 13.2 Å². The van der Waals surface area contributed by atoms with Crippen molar-refractivity contribution in [3.63, 3.8) is 0 Å². The SMILES string of the molecule is CCCCCCCCCCCCOP(=O)(O)OCCCCN(CCCCCCCCCCC)CCCCCCCCCCC. The lowest BCUT2D eigenvalue weighted by atomic mass is 10.1. The van der Waals surface area contributed by atoms with Gasteiger partial charge < -0.3 is 9.79 Å². The summed E-state index contributed by atoms with van der Waals surface area (Å²) in [5.41, 5.74) is 0. The molecule has 0 spiro atoms. The van der Waals surface area contributed by atoms with Crippen molar-refractivity contribution in [2.24, 2.45) is 0 Å². The van der Waals surface area contributed by atoms with E-state index < -0.39 is 7.82 Å².